The summed E-state index contributed by atoms with van der Waals surface area (Å²) in [6.07, 6.45) is 0.664. The van der Waals surface area contributed by atoms with Crippen molar-refractivity contribution in [2.75, 3.05) is 20.8 Å². The molecule has 140 valence electrons. The number of hydrogen-bond donors (Lipinski definition) is 1. The first-order valence-electron chi connectivity index (χ1n) is 8.76. The Kier molecular flexibility index (Phi) is 6.14. The molecule has 0 saturated carbocycles. The number of benzene rings is 2. The standard InChI is InChI=1S/C22H23NO3S/c1-15-4-6-16(7-5-15)19-11-13-27-21(19)22(24)23-12-10-17-14-18(25-2)8-9-20(17)26-3/h4-9,11,13-14H,10,12H2,1-3H3,(H,23,24). The smallest absolute Gasteiger partial charge is 0.261 e. The molecule has 0 aliphatic rings. The molecular formula is C22H23NO3S. The predicted molar refractivity (Wildman–Crippen MR) is 110 cm³/mol. The van der Waals surface area contributed by atoms with E-state index in [4.69, 9.17) is 9.47 Å². The summed E-state index contributed by atoms with van der Waals surface area (Å²) in [5.41, 5.74) is 4.23. The zero-order chi connectivity index (χ0) is 19.2. The fraction of sp³-hybridized carbons (Fsp3) is 0.227. The van der Waals surface area contributed by atoms with Gasteiger partial charge in [-0.1, -0.05) is 29.8 Å². The summed E-state index contributed by atoms with van der Waals surface area (Å²) in [5.74, 6) is 1.51. The van der Waals surface area contributed by atoms with Crippen LogP contribution in [-0.2, 0) is 6.42 Å². The van der Waals surface area contributed by atoms with E-state index >= 15 is 0 Å². The van der Waals surface area contributed by atoms with Gasteiger partial charge in [0.25, 0.3) is 5.91 Å². The molecule has 0 aliphatic heterocycles. The number of thiophene rings is 1. The molecule has 4 nitrogen and oxygen atoms in total. The van der Waals surface area contributed by atoms with E-state index in [0.29, 0.717) is 13.0 Å². The van der Waals surface area contributed by atoms with Crippen LogP contribution in [0.15, 0.2) is 53.9 Å². The van der Waals surface area contributed by atoms with E-state index in [2.05, 4.69) is 36.5 Å². The van der Waals surface area contributed by atoms with Crippen LogP contribution in [0.1, 0.15) is 20.8 Å². The maximum atomic E-state index is 12.7. The van der Waals surface area contributed by atoms with Gasteiger partial charge >= 0.3 is 0 Å². The minimum absolute atomic E-state index is 0.0533. The van der Waals surface area contributed by atoms with Crippen LogP contribution in [0, 0.1) is 6.92 Å². The molecule has 3 rings (SSSR count). The highest BCUT2D eigenvalue weighted by Crippen LogP contribution is 2.29. The number of nitrogens with one attached hydrogen (secondary N) is 1. The first kappa shape index (κ1) is 19.0. The number of rotatable bonds is 7. The van der Waals surface area contributed by atoms with E-state index in [9.17, 15) is 4.79 Å². The maximum absolute atomic E-state index is 12.7. The number of amides is 1. The van der Waals surface area contributed by atoms with Crippen molar-refractivity contribution in [2.45, 2.75) is 13.3 Å². The monoisotopic (exact) mass is 381 g/mol. The Morgan fingerprint density at radius 1 is 1.04 bits per heavy atom. The van der Waals surface area contributed by atoms with E-state index < -0.39 is 0 Å². The van der Waals surface area contributed by atoms with E-state index in [-0.39, 0.29) is 5.91 Å². The van der Waals surface area contributed by atoms with Gasteiger partial charge in [-0.2, -0.15) is 0 Å². The van der Waals surface area contributed by atoms with Crippen molar-refractivity contribution in [1.82, 2.24) is 5.32 Å². The first-order valence-corrected chi connectivity index (χ1v) is 9.64. The fourth-order valence-corrected chi connectivity index (χ4v) is 3.75. The highest BCUT2D eigenvalue weighted by atomic mass is 32.1. The lowest BCUT2D eigenvalue weighted by atomic mass is 10.0. The van der Waals surface area contributed by atoms with Crippen molar-refractivity contribution < 1.29 is 14.3 Å². The van der Waals surface area contributed by atoms with Gasteiger partial charge in [-0.3, -0.25) is 4.79 Å². The van der Waals surface area contributed by atoms with Crippen LogP contribution in [0.25, 0.3) is 11.1 Å². The number of ether oxygens (including phenoxy) is 2. The fourth-order valence-electron chi connectivity index (χ4n) is 2.91. The van der Waals surface area contributed by atoms with Crippen molar-refractivity contribution in [3.05, 3.63) is 69.9 Å². The summed E-state index contributed by atoms with van der Waals surface area (Å²) in [6, 6.07) is 15.9. The predicted octanol–water partition coefficient (Wildman–Crippen LogP) is 4.71. The molecule has 1 N–H and O–H groups in total. The number of carbonyl (C=O) groups is 1. The lowest BCUT2D eigenvalue weighted by Gasteiger charge is -2.11. The van der Waals surface area contributed by atoms with Crippen LogP contribution >= 0.6 is 11.3 Å². The van der Waals surface area contributed by atoms with Crippen LogP contribution < -0.4 is 14.8 Å². The molecule has 0 spiro atoms. The van der Waals surface area contributed by atoms with Crippen molar-refractivity contribution in [1.29, 1.82) is 0 Å². The molecular weight excluding hydrogens is 358 g/mol. The summed E-state index contributed by atoms with van der Waals surface area (Å²) in [7, 11) is 3.28. The summed E-state index contributed by atoms with van der Waals surface area (Å²) in [5, 5.41) is 4.97. The summed E-state index contributed by atoms with van der Waals surface area (Å²) >= 11 is 1.46. The average Bonchev–Trinajstić information content (AvgIpc) is 3.18. The van der Waals surface area contributed by atoms with E-state index in [1.165, 1.54) is 16.9 Å². The molecule has 5 heteroatoms. The average molecular weight is 381 g/mol. The maximum Gasteiger partial charge on any atom is 0.261 e. The van der Waals surface area contributed by atoms with Gasteiger partial charge < -0.3 is 14.8 Å². The third-order valence-corrected chi connectivity index (χ3v) is 5.31. The Morgan fingerprint density at radius 2 is 1.81 bits per heavy atom. The molecule has 0 fully saturated rings. The molecule has 0 aliphatic carbocycles. The van der Waals surface area contributed by atoms with Crippen LogP contribution in [0.3, 0.4) is 0 Å². The highest BCUT2D eigenvalue weighted by Gasteiger charge is 2.14. The Labute approximate surface area is 163 Å². The summed E-state index contributed by atoms with van der Waals surface area (Å²) in [6.45, 7) is 2.57. The zero-order valence-electron chi connectivity index (χ0n) is 15.7. The van der Waals surface area contributed by atoms with Gasteiger partial charge in [0.15, 0.2) is 0 Å². The molecule has 1 amide bonds. The van der Waals surface area contributed by atoms with Gasteiger partial charge in [0.2, 0.25) is 0 Å². The number of hydrogen-bond acceptors (Lipinski definition) is 4. The third kappa shape index (κ3) is 4.49. The Balaban J connectivity index is 1.67. The number of carbonyl (C=O) groups excluding carboxylic acids is 1. The zero-order valence-corrected chi connectivity index (χ0v) is 16.6. The van der Waals surface area contributed by atoms with Crippen LogP contribution in [0.5, 0.6) is 11.5 Å². The molecule has 1 heterocycles. The van der Waals surface area contributed by atoms with Gasteiger partial charge in [0.05, 0.1) is 19.1 Å². The Hall–Kier alpha value is -2.79. The van der Waals surface area contributed by atoms with Gasteiger partial charge in [0, 0.05) is 12.1 Å². The Morgan fingerprint density at radius 3 is 2.52 bits per heavy atom. The van der Waals surface area contributed by atoms with E-state index in [1.807, 2.05) is 29.6 Å². The summed E-state index contributed by atoms with van der Waals surface area (Å²) in [4.78, 5) is 13.4. The molecule has 2 aromatic carbocycles. The van der Waals surface area contributed by atoms with Crippen molar-refractivity contribution in [3.63, 3.8) is 0 Å². The van der Waals surface area contributed by atoms with Crippen LogP contribution in [0.2, 0.25) is 0 Å². The van der Waals surface area contributed by atoms with E-state index in [0.717, 1.165) is 33.1 Å². The van der Waals surface area contributed by atoms with Crippen LogP contribution in [0.4, 0.5) is 0 Å². The lowest BCUT2D eigenvalue weighted by Crippen LogP contribution is -2.25. The highest BCUT2D eigenvalue weighted by molar-refractivity contribution is 7.12. The normalized spacial score (nSPS) is 10.5. The Bertz CT molecular complexity index is 916. The second-order valence-corrected chi connectivity index (χ2v) is 7.13. The largest absolute Gasteiger partial charge is 0.497 e. The van der Waals surface area contributed by atoms with Crippen molar-refractivity contribution in [2.24, 2.45) is 0 Å². The van der Waals surface area contributed by atoms with Gasteiger partial charge in [0.1, 0.15) is 11.5 Å². The molecule has 0 saturated heterocycles. The second kappa shape index (κ2) is 8.73. The van der Waals surface area contributed by atoms with Gasteiger partial charge in [-0.25, -0.2) is 0 Å². The molecule has 0 radical (unpaired) electrons. The number of methoxy groups -OCH3 is 2. The van der Waals surface area contributed by atoms with Crippen molar-refractivity contribution >= 4 is 17.2 Å². The first-order chi connectivity index (χ1) is 13.1. The minimum Gasteiger partial charge on any atom is -0.497 e. The molecule has 0 atom stereocenters. The van der Waals surface area contributed by atoms with E-state index in [1.54, 1.807) is 14.2 Å². The van der Waals surface area contributed by atoms with Crippen LogP contribution in [-0.4, -0.2) is 26.7 Å². The topological polar surface area (TPSA) is 47.6 Å². The lowest BCUT2D eigenvalue weighted by molar-refractivity contribution is 0.0958. The van der Waals surface area contributed by atoms with Gasteiger partial charge in [-0.05, 0) is 54.1 Å². The third-order valence-electron chi connectivity index (χ3n) is 4.40. The van der Waals surface area contributed by atoms with Crippen molar-refractivity contribution in [3.8, 4) is 22.6 Å². The minimum atomic E-state index is -0.0533. The molecule has 0 bridgehead atoms. The SMILES string of the molecule is COc1ccc(OC)c(CCNC(=O)c2sccc2-c2ccc(C)cc2)c1. The molecule has 0 unspecified atom stereocenters. The van der Waals surface area contributed by atoms with Gasteiger partial charge in [-0.15, -0.1) is 11.3 Å². The quantitative estimate of drug-likeness (QED) is 0.645. The number of aryl methyl sites for hydroxylation is 1. The second-order valence-electron chi connectivity index (χ2n) is 6.21. The molecule has 27 heavy (non-hydrogen) atoms. The molecule has 3 aromatic rings. The molecule has 1 aromatic heterocycles. The summed E-state index contributed by atoms with van der Waals surface area (Å²) < 4.78 is 10.7.